The average molecular weight is 605 g/mol. The van der Waals surface area contributed by atoms with Crippen LogP contribution >= 0.6 is 0 Å². The molecule has 0 amide bonds. The molecule has 0 aliphatic rings. The number of phenols is 1. The highest BCUT2D eigenvalue weighted by Crippen LogP contribution is 2.17. The van der Waals surface area contributed by atoms with Crippen molar-refractivity contribution in [2.45, 2.75) is 34.6 Å². The average Bonchev–Trinajstić information content (AvgIpc) is 3.01. The Hall–Kier alpha value is -5.05. The van der Waals surface area contributed by atoms with Crippen molar-refractivity contribution in [1.29, 1.82) is 0 Å². The molecule has 0 unspecified atom stereocenters. The molecule has 3 rings (SSSR count). The Labute approximate surface area is 258 Å². The summed E-state index contributed by atoms with van der Waals surface area (Å²) in [4.78, 5) is 35.6. The van der Waals surface area contributed by atoms with Gasteiger partial charge < -0.3 is 28.8 Å². The first-order valence-electron chi connectivity index (χ1n) is 14.4. The SMILES string of the molecule is CCOC(=O)/C(=C/c1ccc(O)cc1)OCC.CCOC(=O)/C(=C/c1ccc(OCC(=O)c2cccc(C)c2)cc1)OCC. The van der Waals surface area contributed by atoms with Crippen molar-refractivity contribution >= 4 is 29.9 Å². The number of rotatable bonds is 14. The second-order valence-electron chi connectivity index (χ2n) is 9.07. The van der Waals surface area contributed by atoms with Gasteiger partial charge in [0, 0.05) is 5.56 Å². The number of ether oxygens (including phenoxy) is 5. The van der Waals surface area contributed by atoms with Gasteiger partial charge in [0.05, 0.1) is 26.4 Å². The number of hydrogen-bond acceptors (Lipinski definition) is 9. The fourth-order valence-corrected chi connectivity index (χ4v) is 3.62. The third-order valence-corrected chi connectivity index (χ3v) is 5.63. The molecule has 9 nitrogen and oxygen atoms in total. The molecule has 0 heterocycles. The molecule has 0 atom stereocenters. The molecular weight excluding hydrogens is 564 g/mol. The predicted molar refractivity (Wildman–Crippen MR) is 168 cm³/mol. The van der Waals surface area contributed by atoms with Crippen LogP contribution in [0.2, 0.25) is 0 Å². The van der Waals surface area contributed by atoms with Crippen LogP contribution in [0.25, 0.3) is 12.2 Å². The van der Waals surface area contributed by atoms with Crippen LogP contribution in [0, 0.1) is 6.92 Å². The molecule has 3 aromatic rings. The quantitative estimate of drug-likeness (QED) is 0.0948. The van der Waals surface area contributed by atoms with E-state index < -0.39 is 11.9 Å². The molecule has 0 aliphatic carbocycles. The standard InChI is InChI=1S/C22H24O5.C13H16O4/c1-4-25-21(22(24)26-5-2)14-17-9-11-19(12-10-17)27-15-20(23)18-8-6-7-16(3)13-18;1-3-16-12(13(15)17-4-2)9-10-5-7-11(14)8-6-10/h6-14H,4-5,15H2,1-3H3;5-9,14H,3-4H2,1-2H3/b21-14-;12-9-. The Morgan fingerprint density at radius 3 is 1.59 bits per heavy atom. The van der Waals surface area contributed by atoms with Gasteiger partial charge in [0.1, 0.15) is 11.5 Å². The molecule has 3 aromatic carbocycles. The third-order valence-electron chi connectivity index (χ3n) is 5.63. The van der Waals surface area contributed by atoms with Gasteiger partial charge in [0.15, 0.2) is 12.4 Å². The Balaban J connectivity index is 0.000000342. The zero-order valence-corrected chi connectivity index (χ0v) is 25.8. The molecule has 0 aromatic heterocycles. The summed E-state index contributed by atoms with van der Waals surface area (Å²) in [6.07, 6.45) is 3.20. The summed E-state index contributed by atoms with van der Waals surface area (Å²) in [6, 6.07) is 20.9. The summed E-state index contributed by atoms with van der Waals surface area (Å²) >= 11 is 0. The molecule has 44 heavy (non-hydrogen) atoms. The van der Waals surface area contributed by atoms with Crippen molar-refractivity contribution in [3.05, 3.63) is 107 Å². The van der Waals surface area contributed by atoms with Gasteiger partial charge in [-0.1, -0.05) is 48.0 Å². The number of hydrogen-bond donors (Lipinski definition) is 1. The van der Waals surface area contributed by atoms with E-state index in [0.29, 0.717) is 31.1 Å². The first-order valence-corrected chi connectivity index (χ1v) is 14.4. The zero-order valence-electron chi connectivity index (χ0n) is 25.8. The number of benzene rings is 3. The van der Waals surface area contributed by atoms with Gasteiger partial charge in [-0.3, -0.25) is 4.79 Å². The van der Waals surface area contributed by atoms with E-state index in [1.165, 1.54) is 0 Å². The zero-order chi connectivity index (χ0) is 32.3. The fourth-order valence-electron chi connectivity index (χ4n) is 3.62. The molecule has 0 spiro atoms. The van der Waals surface area contributed by atoms with E-state index in [1.807, 2.05) is 25.1 Å². The van der Waals surface area contributed by atoms with Crippen molar-refractivity contribution in [1.82, 2.24) is 0 Å². The van der Waals surface area contributed by atoms with Crippen molar-refractivity contribution in [3.8, 4) is 11.5 Å². The summed E-state index contributed by atoms with van der Waals surface area (Å²) in [5.41, 5.74) is 3.19. The van der Waals surface area contributed by atoms with Gasteiger partial charge in [0.2, 0.25) is 11.5 Å². The highest BCUT2D eigenvalue weighted by Gasteiger charge is 2.13. The van der Waals surface area contributed by atoms with Crippen molar-refractivity contribution in [2.75, 3.05) is 33.0 Å². The highest BCUT2D eigenvalue weighted by molar-refractivity contribution is 5.97. The summed E-state index contributed by atoms with van der Waals surface area (Å²) < 4.78 is 26.0. The number of carbonyl (C=O) groups excluding carboxylic acids is 3. The van der Waals surface area contributed by atoms with Gasteiger partial charge in [-0.25, -0.2) is 9.59 Å². The van der Waals surface area contributed by atoms with Crippen LogP contribution in [0.15, 0.2) is 84.3 Å². The molecule has 234 valence electrons. The second kappa shape index (κ2) is 19.2. The van der Waals surface area contributed by atoms with Gasteiger partial charge in [-0.05, 0) is 88.2 Å². The monoisotopic (exact) mass is 604 g/mol. The summed E-state index contributed by atoms with van der Waals surface area (Å²) in [7, 11) is 0. The summed E-state index contributed by atoms with van der Waals surface area (Å²) in [6.45, 7) is 10.3. The summed E-state index contributed by atoms with van der Waals surface area (Å²) in [5.74, 6) is 0.00986. The van der Waals surface area contributed by atoms with Crippen molar-refractivity contribution in [3.63, 3.8) is 0 Å². The molecule has 1 N–H and O–H groups in total. The number of aromatic hydroxyl groups is 1. The molecule has 9 heteroatoms. The maximum Gasteiger partial charge on any atom is 0.373 e. The van der Waals surface area contributed by atoms with E-state index in [4.69, 9.17) is 28.8 Å². The van der Waals surface area contributed by atoms with Gasteiger partial charge >= 0.3 is 11.9 Å². The Bertz CT molecular complexity index is 1400. The van der Waals surface area contributed by atoms with Crippen LogP contribution in [-0.2, 0) is 28.5 Å². The fraction of sp³-hybridized carbons (Fsp3) is 0.286. The number of esters is 2. The van der Waals surface area contributed by atoms with Crippen LogP contribution in [0.4, 0.5) is 0 Å². The van der Waals surface area contributed by atoms with Crippen molar-refractivity contribution in [2.24, 2.45) is 0 Å². The van der Waals surface area contributed by atoms with E-state index in [2.05, 4.69) is 0 Å². The Morgan fingerprint density at radius 2 is 1.14 bits per heavy atom. The lowest BCUT2D eigenvalue weighted by Gasteiger charge is -2.09. The van der Waals surface area contributed by atoms with E-state index >= 15 is 0 Å². The Morgan fingerprint density at radius 1 is 0.659 bits per heavy atom. The second-order valence-corrected chi connectivity index (χ2v) is 9.07. The van der Waals surface area contributed by atoms with Gasteiger partial charge in [-0.2, -0.15) is 0 Å². The molecule has 0 saturated heterocycles. The number of carbonyl (C=O) groups is 3. The smallest absolute Gasteiger partial charge is 0.373 e. The minimum Gasteiger partial charge on any atom is -0.508 e. The lowest BCUT2D eigenvalue weighted by molar-refractivity contribution is -0.143. The van der Waals surface area contributed by atoms with Crippen LogP contribution in [0.3, 0.4) is 0 Å². The number of Topliss-reactive ketones (excluding diaryl/α,β-unsaturated/α-hetero) is 1. The van der Waals surface area contributed by atoms with Crippen LogP contribution in [0.1, 0.15) is 54.7 Å². The third kappa shape index (κ3) is 12.4. The van der Waals surface area contributed by atoms with Gasteiger partial charge in [0.25, 0.3) is 0 Å². The van der Waals surface area contributed by atoms with Crippen molar-refractivity contribution < 1.29 is 43.2 Å². The normalized spacial score (nSPS) is 11.0. The number of aryl methyl sites for hydroxylation is 1. The van der Waals surface area contributed by atoms with E-state index in [0.717, 1.165) is 16.7 Å². The summed E-state index contributed by atoms with van der Waals surface area (Å²) in [5, 5.41) is 9.14. The van der Waals surface area contributed by atoms with Crippen LogP contribution in [0.5, 0.6) is 11.5 Å². The molecular formula is C35H40O9. The predicted octanol–water partition coefficient (Wildman–Crippen LogP) is 6.53. The molecule has 0 radical (unpaired) electrons. The minimum atomic E-state index is -0.497. The lowest BCUT2D eigenvalue weighted by atomic mass is 10.1. The van der Waals surface area contributed by atoms with E-state index in [9.17, 15) is 14.4 Å². The van der Waals surface area contributed by atoms with Crippen LogP contribution in [-0.4, -0.2) is 55.9 Å². The Kier molecular flexibility index (Phi) is 15.3. The largest absolute Gasteiger partial charge is 0.508 e. The van der Waals surface area contributed by atoms with Crippen LogP contribution < -0.4 is 4.74 Å². The molecule has 0 aliphatic heterocycles. The first kappa shape index (κ1) is 35.1. The molecule has 0 saturated carbocycles. The maximum atomic E-state index is 12.2. The highest BCUT2D eigenvalue weighted by atomic mass is 16.6. The number of ketones is 1. The number of phenolic OH excluding ortho intramolecular Hbond substituents is 1. The lowest BCUT2D eigenvalue weighted by Crippen LogP contribution is -2.11. The van der Waals surface area contributed by atoms with E-state index in [-0.39, 0.29) is 36.3 Å². The first-order chi connectivity index (χ1) is 21.2. The molecule has 0 bridgehead atoms. The molecule has 0 fully saturated rings. The minimum absolute atomic E-state index is 0.0361. The maximum absolute atomic E-state index is 12.2. The van der Waals surface area contributed by atoms with E-state index in [1.54, 1.807) is 94.4 Å². The topological polar surface area (TPSA) is 118 Å². The van der Waals surface area contributed by atoms with Gasteiger partial charge in [-0.15, -0.1) is 0 Å².